The molecule has 15 rings (SSSR count). The zero-order valence-electron chi connectivity index (χ0n) is 86.1. The van der Waals surface area contributed by atoms with Crippen molar-refractivity contribution >= 4 is 79.0 Å². The molecule has 2 aliphatic heterocycles. The molecule has 128 heavy (non-hydrogen) atoms. The number of hydrogen-bond donors (Lipinski definition) is 0. The first kappa shape index (κ1) is 92.8. The number of fused-ring (bicyclic) bond motifs is 7. The van der Waals surface area contributed by atoms with Crippen LogP contribution in [0, 0.1) is 0 Å². The summed E-state index contributed by atoms with van der Waals surface area (Å²) in [6.07, 6.45) is 0. The molecule has 3 nitrogen and oxygen atoms in total. The predicted molar refractivity (Wildman–Crippen MR) is 565 cm³/mol. The molecular weight excluding hydrogens is 1540 g/mol. The van der Waals surface area contributed by atoms with E-state index in [1.807, 2.05) is 0 Å². The van der Waals surface area contributed by atoms with Crippen molar-refractivity contribution in [3.63, 3.8) is 0 Å². The Hall–Kier alpha value is -9.90. The van der Waals surface area contributed by atoms with Crippen LogP contribution < -0.4 is 26.2 Å². The molecule has 666 valence electrons. The van der Waals surface area contributed by atoms with Gasteiger partial charge in [-0.1, -0.05) is 403 Å². The number of benzene rings is 12. The van der Waals surface area contributed by atoms with Crippen molar-refractivity contribution in [2.75, 3.05) is 9.80 Å². The fraction of sp³-hybridized carbons (Fsp3) is 0.419. The molecule has 0 radical (unpaired) electrons. The van der Waals surface area contributed by atoms with Crippen LogP contribution in [-0.2, 0) is 70.4 Å². The molecule has 0 aliphatic carbocycles. The number of anilines is 6. The van der Waals surface area contributed by atoms with E-state index >= 15 is 0 Å². The van der Waals surface area contributed by atoms with Gasteiger partial charge in [0, 0.05) is 61.5 Å². The van der Waals surface area contributed by atoms with Gasteiger partial charge in [-0.15, -0.1) is 0 Å². The van der Waals surface area contributed by atoms with Crippen molar-refractivity contribution in [3.05, 3.63) is 285 Å². The Labute approximate surface area is 774 Å². The Morgan fingerprint density at radius 2 is 0.531 bits per heavy atom. The Balaban J connectivity index is 1.23. The Morgan fingerprint density at radius 3 is 0.984 bits per heavy atom. The van der Waals surface area contributed by atoms with Gasteiger partial charge in [0.1, 0.15) is 0 Å². The minimum atomic E-state index is -0.395. The van der Waals surface area contributed by atoms with E-state index in [1.54, 1.807) is 0 Å². The van der Waals surface area contributed by atoms with Crippen LogP contribution in [0.15, 0.2) is 212 Å². The zero-order chi connectivity index (χ0) is 93.9. The van der Waals surface area contributed by atoms with Crippen LogP contribution in [0.25, 0.3) is 83.1 Å². The topological polar surface area (TPSA) is 11.4 Å². The van der Waals surface area contributed by atoms with E-state index < -0.39 is 5.41 Å². The second-order valence-electron chi connectivity index (χ2n) is 51.9. The summed E-state index contributed by atoms with van der Waals surface area (Å²) in [4.78, 5) is 5.74. The second-order valence-corrected chi connectivity index (χ2v) is 51.9. The molecule has 0 amide bonds. The van der Waals surface area contributed by atoms with Gasteiger partial charge in [0.05, 0.1) is 22.4 Å². The lowest BCUT2D eigenvalue weighted by atomic mass is 9.33. The van der Waals surface area contributed by atoms with Crippen molar-refractivity contribution < 1.29 is 0 Å². The SMILES string of the molecule is CC(C)(C)c1ccc(-c2cc(C(C)(C)C)cc(-c3cc(C(C)(C)C)ccc3C(C)(C)C)c2N2c3cc(-c4cc(C(C)(C)C)cc(C(C)(C)C)c4)ccc3B3c4ccc(-n5c6ccc(C(C)(C)C)cc6c6cc(C(C)(C)C)ccc65)cc4N(c4c(-c5ccccc5C(C)(C)C)cc(C(C)(C)C)cc4-c4ccc(C(C)(C)C)cc4C(C)(C)C)c4cc(C(C)(C)C)cc2c43)cc1. The maximum atomic E-state index is 2.87. The van der Waals surface area contributed by atoms with Crippen LogP contribution in [0.2, 0.25) is 0 Å². The lowest BCUT2D eigenvalue weighted by Gasteiger charge is -2.47. The lowest BCUT2D eigenvalue weighted by Crippen LogP contribution is -2.61. The van der Waals surface area contributed by atoms with E-state index in [9.17, 15) is 0 Å². The normalized spacial score (nSPS) is 14.2. The van der Waals surface area contributed by atoms with Gasteiger partial charge in [-0.3, -0.25) is 0 Å². The Kier molecular flexibility index (Phi) is 22.4. The summed E-state index contributed by atoms with van der Waals surface area (Å²) in [7, 11) is 0. The summed E-state index contributed by atoms with van der Waals surface area (Å²) in [5.74, 6) is 0. The zero-order valence-corrected chi connectivity index (χ0v) is 86.1. The van der Waals surface area contributed by atoms with E-state index in [0.717, 1.165) is 11.4 Å². The van der Waals surface area contributed by atoms with Gasteiger partial charge in [-0.25, -0.2) is 0 Å². The smallest absolute Gasteiger partial charge is 0.252 e. The van der Waals surface area contributed by atoms with Gasteiger partial charge in [0.15, 0.2) is 0 Å². The minimum Gasteiger partial charge on any atom is -0.310 e. The van der Waals surface area contributed by atoms with Gasteiger partial charge >= 0.3 is 0 Å². The number of nitrogens with zero attached hydrogens (tertiary/aromatic N) is 3. The minimum absolute atomic E-state index is 0.0832. The average Bonchev–Trinajstić information content (AvgIpc) is 0.858. The summed E-state index contributed by atoms with van der Waals surface area (Å²) in [5.41, 5.74) is 41.0. The van der Waals surface area contributed by atoms with Crippen molar-refractivity contribution in [2.45, 2.75) is 340 Å². The first-order valence-corrected chi connectivity index (χ1v) is 47.9. The number of rotatable bonds is 8. The fourth-order valence-electron chi connectivity index (χ4n) is 19.8. The molecule has 0 N–H and O–H groups in total. The van der Waals surface area contributed by atoms with Crippen molar-refractivity contribution in [2.24, 2.45) is 0 Å². The standard InChI is InChI=1S/C124H152BN3/c1-112(2,3)78-47-44-75(45-48-78)91-67-85(119(22,23)24)70-97(92-64-79(113(4,5)6)50-55-99(92)123(34,35)36)110(91)127-105-62-76(77-60-83(117(16,17)18)63-84(61-77)118(19,20)21)46-56-101(105)125-102-57-53-88(126-103-58-51-80(114(7,8)9)65-93(103)94-66-81(115(10,11)12)52-59-104(94)126)74-106(102)128(108-73-87(121(28,29)30)72-107(127)109(108)125)111-95(89-42-40-41-43-98(89)122(31,32)33)68-86(120(25,26)27)69-96(111)90-54-49-82(116(13,14)15)71-100(90)124(37,38)39/h40-74H,1-39H3. The highest BCUT2D eigenvalue weighted by molar-refractivity contribution is 7.00. The van der Waals surface area contributed by atoms with Gasteiger partial charge in [0.2, 0.25) is 0 Å². The summed E-state index contributed by atoms with van der Waals surface area (Å²) >= 11 is 0. The molecule has 3 heterocycles. The molecule has 12 aromatic carbocycles. The van der Waals surface area contributed by atoms with Crippen LogP contribution in [0.4, 0.5) is 34.1 Å². The maximum absolute atomic E-state index is 2.87. The third-order valence-corrected chi connectivity index (χ3v) is 28.1. The third kappa shape index (κ3) is 17.2. The summed E-state index contributed by atoms with van der Waals surface area (Å²) < 4.78 is 2.62. The average molecular weight is 1700 g/mol. The highest BCUT2D eigenvalue weighted by Gasteiger charge is 2.48. The van der Waals surface area contributed by atoms with E-state index in [4.69, 9.17) is 0 Å². The summed E-state index contributed by atoms with van der Waals surface area (Å²) in [6, 6.07) is 88.0. The molecular formula is C124H152BN3. The molecule has 2 aliphatic rings. The van der Waals surface area contributed by atoms with E-state index in [0.29, 0.717) is 0 Å². The van der Waals surface area contributed by atoms with Crippen LogP contribution in [0.1, 0.15) is 342 Å². The highest BCUT2D eigenvalue weighted by atomic mass is 15.2. The molecule has 1 aromatic heterocycles. The van der Waals surface area contributed by atoms with Crippen LogP contribution in [-0.4, -0.2) is 11.3 Å². The fourth-order valence-corrected chi connectivity index (χ4v) is 19.8. The largest absolute Gasteiger partial charge is 0.310 e. The van der Waals surface area contributed by atoms with Crippen LogP contribution >= 0.6 is 0 Å². The van der Waals surface area contributed by atoms with Crippen molar-refractivity contribution in [3.8, 4) is 61.3 Å². The van der Waals surface area contributed by atoms with E-state index in [-0.39, 0.29) is 71.7 Å². The molecule has 4 heteroatoms. The van der Waals surface area contributed by atoms with Gasteiger partial charge in [-0.2, -0.15) is 0 Å². The van der Waals surface area contributed by atoms with Gasteiger partial charge < -0.3 is 14.4 Å². The molecule has 0 unspecified atom stereocenters. The number of hydrogen-bond acceptors (Lipinski definition) is 2. The summed E-state index contributed by atoms with van der Waals surface area (Å²) in [5, 5.41) is 2.54. The molecule has 0 bridgehead atoms. The quantitative estimate of drug-likeness (QED) is 0.141. The first-order chi connectivity index (χ1) is 58.7. The molecule has 0 atom stereocenters. The first-order valence-electron chi connectivity index (χ1n) is 47.9. The lowest BCUT2D eigenvalue weighted by molar-refractivity contribution is 0.568. The summed E-state index contributed by atoms with van der Waals surface area (Å²) in [6.45, 7) is 93.4. The number of aromatic nitrogens is 1. The molecule has 13 aromatic rings. The van der Waals surface area contributed by atoms with E-state index in [2.05, 4.69) is 497 Å². The Morgan fingerprint density at radius 1 is 0.195 bits per heavy atom. The Bertz CT molecular complexity index is 6450. The predicted octanol–water partition coefficient (Wildman–Crippen LogP) is 34.1. The van der Waals surface area contributed by atoms with Gasteiger partial charge in [0.25, 0.3) is 6.71 Å². The maximum Gasteiger partial charge on any atom is 0.252 e. The van der Waals surface area contributed by atoms with E-state index in [1.165, 1.54) is 195 Å². The van der Waals surface area contributed by atoms with Crippen LogP contribution in [0.3, 0.4) is 0 Å². The second kappa shape index (κ2) is 30.9. The monoisotopic (exact) mass is 1690 g/mol. The van der Waals surface area contributed by atoms with Crippen LogP contribution in [0.5, 0.6) is 0 Å². The molecule has 0 fully saturated rings. The van der Waals surface area contributed by atoms with Crippen molar-refractivity contribution in [1.29, 1.82) is 0 Å². The molecule has 0 saturated carbocycles. The molecule has 0 spiro atoms. The third-order valence-electron chi connectivity index (χ3n) is 28.1. The van der Waals surface area contributed by atoms with Crippen molar-refractivity contribution in [1.82, 2.24) is 4.57 Å². The molecule has 0 saturated heterocycles. The van der Waals surface area contributed by atoms with Gasteiger partial charge in [-0.05, 0) is 271 Å². The highest BCUT2D eigenvalue weighted by Crippen LogP contribution is 2.59.